The average molecular weight is 325 g/mol. The van der Waals surface area contributed by atoms with Gasteiger partial charge in [0.25, 0.3) is 0 Å². The number of thiazole rings is 1. The van der Waals surface area contributed by atoms with E-state index in [1.165, 1.54) is 11.3 Å². The summed E-state index contributed by atoms with van der Waals surface area (Å²) >= 11 is 2.88. The average Bonchev–Trinajstić information content (AvgIpc) is 3.02. The molecule has 6 heteroatoms. The first-order chi connectivity index (χ1) is 9.81. The van der Waals surface area contributed by atoms with E-state index in [1.807, 2.05) is 18.4 Å². The van der Waals surface area contributed by atoms with Gasteiger partial charge in [0.2, 0.25) is 0 Å². The Kier molecular flexibility index (Phi) is 4.68. The zero-order valence-electron chi connectivity index (χ0n) is 12.6. The minimum Gasteiger partial charge on any atom is -0.485 e. The third-order valence-electron chi connectivity index (χ3n) is 2.86. The molecule has 0 saturated heterocycles. The molecule has 0 aromatic carbocycles. The highest BCUT2D eigenvalue weighted by molar-refractivity contribution is 7.14. The van der Waals surface area contributed by atoms with E-state index in [9.17, 15) is 9.90 Å². The highest BCUT2D eigenvalue weighted by atomic mass is 32.1. The molecule has 0 amide bonds. The van der Waals surface area contributed by atoms with Crippen LogP contribution in [0.3, 0.4) is 0 Å². The maximum Gasteiger partial charge on any atom is 0.349 e. The lowest BCUT2D eigenvalue weighted by Gasteiger charge is -2.13. The van der Waals surface area contributed by atoms with Crippen LogP contribution in [0.4, 0.5) is 0 Å². The normalized spacial score (nSPS) is 11.6. The first kappa shape index (κ1) is 16.0. The maximum absolute atomic E-state index is 11.2. The molecular formula is C15H19NO3S2. The van der Waals surface area contributed by atoms with Gasteiger partial charge >= 0.3 is 5.97 Å². The summed E-state index contributed by atoms with van der Waals surface area (Å²) in [6.45, 7) is 8.65. The first-order valence-corrected chi connectivity index (χ1v) is 8.44. The topological polar surface area (TPSA) is 59.4 Å². The van der Waals surface area contributed by atoms with E-state index < -0.39 is 5.97 Å². The Hall–Kier alpha value is -1.40. The number of hydrogen-bond donors (Lipinski definition) is 1. The van der Waals surface area contributed by atoms with Crippen LogP contribution in [-0.4, -0.2) is 16.1 Å². The molecule has 0 aliphatic rings. The van der Waals surface area contributed by atoms with Crippen LogP contribution in [-0.2, 0) is 18.4 Å². The second kappa shape index (κ2) is 6.15. The van der Waals surface area contributed by atoms with Gasteiger partial charge in [-0.3, -0.25) is 0 Å². The summed E-state index contributed by atoms with van der Waals surface area (Å²) in [5.74, 6) is -0.502. The number of carboxylic acids is 1. The van der Waals surface area contributed by atoms with Crippen molar-refractivity contribution in [3.05, 3.63) is 31.9 Å². The van der Waals surface area contributed by atoms with E-state index in [0.717, 1.165) is 22.0 Å². The van der Waals surface area contributed by atoms with Crippen LogP contribution in [0.1, 0.15) is 52.9 Å². The van der Waals surface area contributed by atoms with Crippen LogP contribution in [0.2, 0.25) is 0 Å². The van der Waals surface area contributed by atoms with Crippen LogP contribution in [0.5, 0.6) is 5.75 Å². The van der Waals surface area contributed by atoms with Crippen molar-refractivity contribution in [2.75, 3.05) is 0 Å². The number of thiophene rings is 1. The third-order valence-corrected chi connectivity index (χ3v) is 5.43. The Morgan fingerprint density at radius 1 is 1.43 bits per heavy atom. The lowest BCUT2D eigenvalue weighted by Crippen LogP contribution is -2.10. The predicted molar refractivity (Wildman–Crippen MR) is 85.8 cm³/mol. The van der Waals surface area contributed by atoms with E-state index in [4.69, 9.17) is 4.74 Å². The summed E-state index contributed by atoms with van der Waals surface area (Å²) in [4.78, 5) is 17.0. The number of aromatic carboxylic acids is 1. The molecular weight excluding hydrogens is 306 g/mol. The fourth-order valence-electron chi connectivity index (χ4n) is 1.72. The lowest BCUT2D eigenvalue weighted by molar-refractivity contribution is 0.0697. The van der Waals surface area contributed by atoms with Crippen molar-refractivity contribution in [1.29, 1.82) is 0 Å². The SMILES string of the molecule is CCc1cc(OCc2csc(C(C)(C)C)n2)c(C(=O)O)s1. The standard InChI is InChI=1S/C15H19NO3S2/c1-5-10-6-11(12(21-10)13(17)18)19-7-9-8-20-14(16-9)15(2,3)4/h6,8H,5,7H2,1-4H3,(H,17,18). The minimum absolute atomic E-state index is 0.0207. The van der Waals surface area contributed by atoms with Crippen molar-refractivity contribution in [3.63, 3.8) is 0 Å². The molecule has 4 nitrogen and oxygen atoms in total. The second-order valence-corrected chi connectivity index (χ2v) is 7.74. The Morgan fingerprint density at radius 3 is 2.67 bits per heavy atom. The van der Waals surface area contributed by atoms with E-state index >= 15 is 0 Å². The highest BCUT2D eigenvalue weighted by Gasteiger charge is 2.19. The number of aromatic nitrogens is 1. The van der Waals surface area contributed by atoms with Crippen molar-refractivity contribution in [2.45, 2.75) is 46.1 Å². The minimum atomic E-state index is -0.941. The summed E-state index contributed by atoms with van der Waals surface area (Å²) < 4.78 is 5.67. The number of aryl methyl sites for hydroxylation is 1. The maximum atomic E-state index is 11.2. The van der Waals surface area contributed by atoms with E-state index in [0.29, 0.717) is 12.4 Å². The molecule has 2 heterocycles. The molecule has 0 fully saturated rings. The number of carboxylic acid groups (broad SMARTS) is 1. The molecule has 114 valence electrons. The van der Waals surface area contributed by atoms with Gasteiger partial charge in [0.15, 0.2) is 4.88 Å². The monoisotopic (exact) mass is 325 g/mol. The largest absolute Gasteiger partial charge is 0.485 e. The fourth-order valence-corrected chi connectivity index (χ4v) is 3.49. The summed E-state index contributed by atoms with van der Waals surface area (Å²) in [5.41, 5.74) is 0.859. The van der Waals surface area contributed by atoms with E-state index in [2.05, 4.69) is 25.8 Å². The van der Waals surface area contributed by atoms with Gasteiger partial charge in [-0.25, -0.2) is 9.78 Å². The summed E-state index contributed by atoms with van der Waals surface area (Å²) in [7, 11) is 0. The van der Waals surface area contributed by atoms with E-state index in [-0.39, 0.29) is 10.3 Å². The number of carbonyl (C=O) groups is 1. The molecule has 2 aromatic heterocycles. The number of rotatable bonds is 5. The predicted octanol–water partition coefficient (Wildman–Crippen LogP) is 4.34. The van der Waals surface area contributed by atoms with Gasteiger partial charge < -0.3 is 9.84 Å². The fraction of sp³-hybridized carbons (Fsp3) is 0.467. The number of nitrogens with zero attached hydrogens (tertiary/aromatic N) is 1. The van der Waals surface area contributed by atoms with Crippen LogP contribution >= 0.6 is 22.7 Å². The van der Waals surface area contributed by atoms with Crippen molar-refractivity contribution >= 4 is 28.6 Å². The second-order valence-electron chi connectivity index (χ2n) is 5.75. The Labute approximate surface area is 132 Å². The van der Waals surface area contributed by atoms with Crippen LogP contribution < -0.4 is 4.74 Å². The number of hydrogen-bond acceptors (Lipinski definition) is 5. The van der Waals surface area contributed by atoms with Crippen LogP contribution in [0.15, 0.2) is 11.4 Å². The molecule has 0 atom stereocenters. The quantitative estimate of drug-likeness (QED) is 0.888. The van der Waals surface area contributed by atoms with Gasteiger partial charge in [0, 0.05) is 15.7 Å². The van der Waals surface area contributed by atoms with Crippen molar-refractivity contribution in [2.24, 2.45) is 0 Å². The molecule has 0 aliphatic carbocycles. The molecule has 0 saturated carbocycles. The van der Waals surface area contributed by atoms with Gasteiger partial charge in [-0.1, -0.05) is 27.7 Å². The van der Waals surface area contributed by atoms with Gasteiger partial charge in [0.1, 0.15) is 12.4 Å². The molecule has 1 N–H and O–H groups in total. The smallest absolute Gasteiger partial charge is 0.349 e. The van der Waals surface area contributed by atoms with Crippen molar-refractivity contribution in [3.8, 4) is 5.75 Å². The first-order valence-electron chi connectivity index (χ1n) is 6.75. The Morgan fingerprint density at radius 2 is 2.14 bits per heavy atom. The summed E-state index contributed by atoms with van der Waals surface area (Å²) in [6.07, 6.45) is 0.805. The Bertz CT molecular complexity index is 638. The van der Waals surface area contributed by atoms with Crippen LogP contribution in [0, 0.1) is 0 Å². The molecule has 2 aromatic rings. The molecule has 0 unspecified atom stereocenters. The molecule has 2 rings (SSSR count). The third kappa shape index (κ3) is 3.83. The molecule has 0 aliphatic heterocycles. The Balaban J connectivity index is 2.11. The highest BCUT2D eigenvalue weighted by Crippen LogP contribution is 2.31. The lowest BCUT2D eigenvalue weighted by atomic mass is 9.98. The number of ether oxygens (including phenoxy) is 1. The zero-order chi connectivity index (χ0) is 15.6. The van der Waals surface area contributed by atoms with Gasteiger partial charge in [-0.2, -0.15) is 0 Å². The summed E-state index contributed by atoms with van der Waals surface area (Å²) in [5, 5.41) is 12.2. The molecule has 0 radical (unpaired) electrons. The van der Waals surface area contributed by atoms with Crippen molar-refractivity contribution < 1.29 is 14.6 Å². The molecule has 0 bridgehead atoms. The summed E-state index contributed by atoms with van der Waals surface area (Å²) in [6, 6.07) is 1.81. The van der Waals surface area contributed by atoms with Gasteiger partial charge in [-0.05, 0) is 12.5 Å². The van der Waals surface area contributed by atoms with Crippen molar-refractivity contribution in [1.82, 2.24) is 4.98 Å². The van der Waals surface area contributed by atoms with Gasteiger partial charge in [-0.15, -0.1) is 22.7 Å². The molecule has 21 heavy (non-hydrogen) atoms. The van der Waals surface area contributed by atoms with Crippen LogP contribution in [0.25, 0.3) is 0 Å². The van der Waals surface area contributed by atoms with Gasteiger partial charge in [0.05, 0.1) is 10.7 Å². The van der Waals surface area contributed by atoms with E-state index in [1.54, 1.807) is 11.3 Å². The zero-order valence-corrected chi connectivity index (χ0v) is 14.2. The molecule has 0 spiro atoms.